The van der Waals surface area contributed by atoms with Crippen molar-refractivity contribution in [3.05, 3.63) is 29.3 Å². The molecule has 0 spiro atoms. The van der Waals surface area contributed by atoms with Gasteiger partial charge in [0.05, 0.1) is 16.1 Å². The fraction of sp³-hybridized carbons (Fsp3) is 0.0909. The van der Waals surface area contributed by atoms with Crippen molar-refractivity contribution in [3.63, 3.8) is 0 Å². The van der Waals surface area contributed by atoms with Gasteiger partial charge in [-0.15, -0.1) is 11.3 Å². The first-order valence-corrected chi connectivity index (χ1v) is 5.62. The minimum absolute atomic E-state index is 0.0740. The van der Waals surface area contributed by atoms with Crippen LogP contribution in [0, 0.1) is 0 Å². The number of carbonyl (C=O) groups is 1. The number of fused-ring (bicyclic) bond motifs is 1. The Morgan fingerprint density at radius 3 is 2.62 bits per heavy atom. The monoisotopic (exact) mass is 229 g/mol. The van der Waals surface area contributed by atoms with Gasteiger partial charge in [0.15, 0.2) is 0 Å². The predicted octanol–water partition coefficient (Wildman–Crippen LogP) is 2.66. The third kappa shape index (κ3) is 1.55. The number of benzene rings is 1. The van der Waals surface area contributed by atoms with E-state index in [0.29, 0.717) is 0 Å². The molecule has 0 aliphatic carbocycles. The van der Waals surface area contributed by atoms with E-state index in [9.17, 15) is 4.79 Å². The highest BCUT2D eigenvalue weighted by molar-refractivity contribution is 7.18. The quantitative estimate of drug-likeness (QED) is 0.754. The number of rotatable bonds is 1. The summed E-state index contributed by atoms with van der Waals surface area (Å²) in [6, 6.07) is 7.49. The van der Waals surface area contributed by atoms with Crippen molar-refractivity contribution in [3.8, 4) is 0 Å². The number of hydrogen-bond donors (Lipinski definition) is 0. The van der Waals surface area contributed by atoms with Crippen LogP contribution in [-0.4, -0.2) is 23.4 Å². The van der Waals surface area contributed by atoms with Crippen molar-refractivity contribution in [1.29, 1.82) is 0 Å². The van der Waals surface area contributed by atoms with Gasteiger partial charge >= 0.3 is 6.03 Å². The highest BCUT2D eigenvalue weighted by Gasteiger charge is 2.15. The summed E-state index contributed by atoms with van der Waals surface area (Å²) in [7, 11) is 0. The van der Waals surface area contributed by atoms with Crippen LogP contribution in [0.5, 0.6) is 0 Å². The van der Waals surface area contributed by atoms with E-state index in [0.717, 1.165) is 15.2 Å². The number of aromatic nitrogens is 1. The van der Waals surface area contributed by atoms with Gasteiger partial charge in [-0.25, -0.2) is 19.8 Å². The molecule has 0 saturated heterocycles. The topological polar surface area (TPSA) is 54.7 Å². The van der Waals surface area contributed by atoms with Gasteiger partial charge in [-0.1, -0.05) is 12.1 Å². The number of para-hydroxylation sites is 1. The molecule has 1 aromatic carbocycles. The van der Waals surface area contributed by atoms with E-state index in [-0.39, 0.29) is 5.92 Å². The van der Waals surface area contributed by atoms with Crippen LogP contribution in [-0.2, 0) is 0 Å². The van der Waals surface area contributed by atoms with E-state index >= 15 is 0 Å². The van der Waals surface area contributed by atoms with Gasteiger partial charge in [0.2, 0.25) is 0 Å². The summed E-state index contributed by atoms with van der Waals surface area (Å²) in [6.45, 7) is 0. The van der Waals surface area contributed by atoms with Gasteiger partial charge in [-0.2, -0.15) is 0 Å². The van der Waals surface area contributed by atoms with Gasteiger partial charge in [0.25, 0.3) is 0 Å². The number of urea groups is 1. The molecule has 0 N–H and O–H groups in total. The number of amides is 2. The van der Waals surface area contributed by atoms with Crippen LogP contribution >= 0.6 is 11.3 Å². The SMILES string of the molecule is O=C1N=CC(c2nc3ccccc3s2)C=N1. The number of nitrogens with zero attached hydrogens (tertiary/aromatic N) is 3. The first-order chi connectivity index (χ1) is 7.83. The molecule has 0 radical (unpaired) electrons. The molecule has 2 heterocycles. The standard InChI is InChI=1S/C11H7N3OS/c15-11-12-5-7(6-13-11)10-14-8-3-1-2-4-9(8)16-10/h1-7H. The van der Waals surface area contributed by atoms with Crippen molar-refractivity contribution in [1.82, 2.24) is 4.98 Å². The third-order valence-electron chi connectivity index (χ3n) is 2.29. The average Bonchev–Trinajstić information content (AvgIpc) is 2.73. The Morgan fingerprint density at radius 2 is 1.88 bits per heavy atom. The predicted molar refractivity (Wildman–Crippen MR) is 64.7 cm³/mol. The molecular formula is C11H7N3OS. The second-order valence-electron chi connectivity index (χ2n) is 3.38. The highest BCUT2D eigenvalue weighted by Crippen LogP contribution is 2.26. The summed E-state index contributed by atoms with van der Waals surface area (Å²) in [5, 5.41) is 0.918. The second kappa shape index (κ2) is 3.61. The molecule has 2 amide bonds. The molecular weight excluding hydrogens is 222 g/mol. The summed E-state index contributed by atoms with van der Waals surface area (Å²) in [4.78, 5) is 22.6. The zero-order valence-corrected chi connectivity index (χ0v) is 9.02. The molecule has 0 fully saturated rings. The molecule has 16 heavy (non-hydrogen) atoms. The van der Waals surface area contributed by atoms with E-state index in [1.165, 1.54) is 0 Å². The zero-order chi connectivity index (χ0) is 11.0. The van der Waals surface area contributed by atoms with E-state index < -0.39 is 6.03 Å². The molecule has 3 rings (SSSR count). The number of thiazole rings is 1. The van der Waals surface area contributed by atoms with Crippen LogP contribution in [0.4, 0.5) is 4.79 Å². The maximum atomic E-state index is 10.8. The normalized spacial score (nSPS) is 16.1. The first-order valence-electron chi connectivity index (χ1n) is 4.81. The van der Waals surface area contributed by atoms with Crippen molar-refractivity contribution in [2.24, 2.45) is 9.98 Å². The van der Waals surface area contributed by atoms with Crippen molar-refractivity contribution in [2.75, 3.05) is 0 Å². The molecule has 4 nitrogen and oxygen atoms in total. The fourth-order valence-electron chi connectivity index (χ4n) is 1.52. The smallest absolute Gasteiger partial charge is 0.244 e. The molecule has 0 saturated carbocycles. The third-order valence-corrected chi connectivity index (χ3v) is 3.42. The molecule has 1 aliphatic heterocycles. The summed E-state index contributed by atoms with van der Waals surface area (Å²) in [6.07, 6.45) is 3.18. The van der Waals surface area contributed by atoms with Crippen molar-refractivity contribution < 1.29 is 4.79 Å². The second-order valence-corrected chi connectivity index (χ2v) is 4.45. The van der Waals surface area contributed by atoms with Crippen LogP contribution < -0.4 is 0 Å². The largest absolute Gasteiger partial charge is 0.366 e. The summed E-state index contributed by atoms with van der Waals surface area (Å²) in [5.41, 5.74) is 0.973. The van der Waals surface area contributed by atoms with Crippen LogP contribution in [0.15, 0.2) is 34.3 Å². The van der Waals surface area contributed by atoms with Crippen molar-refractivity contribution in [2.45, 2.75) is 5.92 Å². The molecule has 0 bridgehead atoms. The van der Waals surface area contributed by atoms with Gasteiger partial charge in [-0.05, 0) is 12.1 Å². The lowest BCUT2D eigenvalue weighted by atomic mass is 10.2. The van der Waals surface area contributed by atoms with Crippen LogP contribution in [0.2, 0.25) is 0 Å². The van der Waals surface area contributed by atoms with Gasteiger partial charge in [0, 0.05) is 12.4 Å². The van der Waals surface area contributed by atoms with Crippen LogP contribution in [0.1, 0.15) is 10.9 Å². The van der Waals surface area contributed by atoms with Gasteiger partial charge in [-0.3, -0.25) is 0 Å². The van der Waals surface area contributed by atoms with E-state index in [1.807, 2.05) is 24.3 Å². The summed E-state index contributed by atoms with van der Waals surface area (Å²) < 4.78 is 1.14. The highest BCUT2D eigenvalue weighted by atomic mass is 32.1. The number of carbonyl (C=O) groups excluding carboxylic acids is 1. The molecule has 5 heteroatoms. The molecule has 2 aromatic rings. The first kappa shape index (κ1) is 9.35. The lowest BCUT2D eigenvalue weighted by Crippen LogP contribution is -2.08. The summed E-state index contributed by atoms with van der Waals surface area (Å²) in [5.74, 6) is -0.0740. The number of hydrogen-bond acceptors (Lipinski definition) is 3. The Bertz CT molecular complexity index is 565. The van der Waals surface area contributed by atoms with Gasteiger partial charge in [0.1, 0.15) is 5.01 Å². The van der Waals surface area contributed by atoms with E-state index in [2.05, 4.69) is 15.0 Å². The Hall–Kier alpha value is -1.88. The molecule has 1 aromatic heterocycles. The lowest BCUT2D eigenvalue weighted by Gasteiger charge is -2.03. The Morgan fingerprint density at radius 1 is 1.12 bits per heavy atom. The Labute approximate surface area is 95.4 Å². The molecule has 78 valence electrons. The van der Waals surface area contributed by atoms with Crippen LogP contribution in [0.25, 0.3) is 10.2 Å². The Kier molecular flexibility index (Phi) is 2.11. The van der Waals surface area contributed by atoms with E-state index in [1.54, 1.807) is 23.8 Å². The maximum Gasteiger partial charge on any atom is 0.366 e. The lowest BCUT2D eigenvalue weighted by molar-refractivity contribution is 0.257. The number of aliphatic imine (C=N–C) groups is 2. The molecule has 0 unspecified atom stereocenters. The van der Waals surface area contributed by atoms with E-state index in [4.69, 9.17) is 0 Å². The summed E-state index contributed by atoms with van der Waals surface area (Å²) >= 11 is 1.60. The maximum absolute atomic E-state index is 10.8. The average molecular weight is 229 g/mol. The Balaban J connectivity index is 2.04. The minimum Gasteiger partial charge on any atom is -0.244 e. The fourth-order valence-corrected chi connectivity index (χ4v) is 2.51. The minimum atomic E-state index is -0.447. The molecule has 1 aliphatic rings. The zero-order valence-electron chi connectivity index (χ0n) is 8.20. The van der Waals surface area contributed by atoms with Gasteiger partial charge < -0.3 is 0 Å². The van der Waals surface area contributed by atoms with Crippen LogP contribution in [0.3, 0.4) is 0 Å². The van der Waals surface area contributed by atoms with Crippen molar-refractivity contribution >= 4 is 40.0 Å². The molecule has 0 atom stereocenters.